The predicted molar refractivity (Wildman–Crippen MR) is 45.8 cm³/mol. The average molecular weight is 171 g/mol. The molecule has 70 valence electrons. The van der Waals surface area contributed by atoms with Gasteiger partial charge < -0.3 is 10.2 Å². The van der Waals surface area contributed by atoms with Gasteiger partial charge >= 0.3 is 0 Å². The molecule has 0 aromatic carbocycles. The summed E-state index contributed by atoms with van der Waals surface area (Å²) in [6.07, 6.45) is 3.65. The molecule has 0 amide bonds. The van der Waals surface area contributed by atoms with Crippen LogP contribution in [-0.4, -0.2) is 46.5 Å². The van der Waals surface area contributed by atoms with Crippen molar-refractivity contribution in [1.82, 2.24) is 4.90 Å². The minimum atomic E-state index is -0.122. The summed E-state index contributed by atoms with van der Waals surface area (Å²) in [4.78, 5) is 2.32. The number of aliphatic hydroxyl groups is 2. The smallest absolute Gasteiger partial charge is 0.0679 e. The SMILES string of the molecule is OC1CCC(N2CCC(O)C2)C1. The molecule has 1 heterocycles. The van der Waals surface area contributed by atoms with Crippen LogP contribution in [0.4, 0.5) is 0 Å². The summed E-state index contributed by atoms with van der Waals surface area (Å²) in [6, 6.07) is 0.539. The second-order valence-electron chi connectivity index (χ2n) is 4.06. The Morgan fingerprint density at radius 1 is 1.00 bits per heavy atom. The number of nitrogens with zero attached hydrogens (tertiary/aromatic N) is 1. The molecule has 0 radical (unpaired) electrons. The Hall–Kier alpha value is -0.120. The summed E-state index contributed by atoms with van der Waals surface area (Å²) in [5, 5.41) is 18.7. The zero-order valence-corrected chi connectivity index (χ0v) is 7.32. The lowest BCUT2D eigenvalue weighted by Gasteiger charge is -2.22. The summed E-state index contributed by atoms with van der Waals surface area (Å²) in [5.41, 5.74) is 0. The summed E-state index contributed by atoms with van der Waals surface area (Å²) in [5.74, 6) is 0. The van der Waals surface area contributed by atoms with E-state index in [0.717, 1.165) is 38.8 Å². The zero-order chi connectivity index (χ0) is 8.55. The van der Waals surface area contributed by atoms with E-state index in [1.54, 1.807) is 0 Å². The van der Waals surface area contributed by atoms with Crippen molar-refractivity contribution < 1.29 is 10.2 Å². The van der Waals surface area contributed by atoms with Crippen LogP contribution >= 0.6 is 0 Å². The van der Waals surface area contributed by atoms with E-state index in [-0.39, 0.29) is 12.2 Å². The van der Waals surface area contributed by atoms with E-state index in [1.807, 2.05) is 0 Å². The fourth-order valence-electron chi connectivity index (χ4n) is 2.37. The molecule has 12 heavy (non-hydrogen) atoms. The summed E-state index contributed by atoms with van der Waals surface area (Å²) >= 11 is 0. The van der Waals surface area contributed by atoms with Crippen molar-refractivity contribution in [3.8, 4) is 0 Å². The van der Waals surface area contributed by atoms with Gasteiger partial charge in [-0.15, -0.1) is 0 Å². The highest BCUT2D eigenvalue weighted by molar-refractivity contribution is 4.87. The number of β-amino-alcohol motifs (C(OH)–C–C–N with tert-alkyl or cyclic N) is 1. The van der Waals surface area contributed by atoms with Gasteiger partial charge in [0, 0.05) is 19.1 Å². The molecule has 2 N–H and O–H groups in total. The molecule has 1 aliphatic carbocycles. The maximum atomic E-state index is 9.34. The molecular formula is C9H17NO2. The van der Waals surface area contributed by atoms with Crippen LogP contribution < -0.4 is 0 Å². The van der Waals surface area contributed by atoms with Gasteiger partial charge in [0.25, 0.3) is 0 Å². The normalized spacial score (nSPS) is 44.0. The maximum Gasteiger partial charge on any atom is 0.0679 e. The third kappa shape index (κ3) is 1.63. The fourth-order valence-corrected chi connectivity index (χ4v) is 2.37. The van der Waals surface area contributed by atoms with E-state index in [4.69, 9.17) is 0 Å². The van der Waals surface area contributed by atoms with E-state index in [2.05, 4.69) is 4.90 Å². The fraction of sp³-hybridized carbons (Fsp3) is 1.00. The molecule has 0 spiro atoms. The lowest BCUT2D eigenvalue weighted by atomic mass is 10.2. The number of rotatable bonds is 1. The van der Waals surface area contributed by atoms with Crippen molar-refractivity contribution in [2.24, 2.45) is 0 Å². The lowest BCUT2D eigenvalue weighted by molar-refractivity contribution is 0.142. The van der Waals surface area contributed by atoms with E-state index in [0.29, 0.717) is 6.04 Å². The number of hydrogen-bond donors (Lipinski definition) is 2. The van der Waals surface area contributed by atoms with Crippen LogP contribution in [0.1, 0.15) is 25.7 Å². The Bertz CT molecular complexity index is 145. The first-order valence-corrected chi connectivity index (χ1v) is 4.86. The van der Waals surface area contributed by atoms with Gasteiger partial charge in [0.1, 0.15) is 0 Å². The molecule has 2 aliphatic rings. The predicted octanol–water partition coefficient (Wildman–Crippen LogP) is -0.0336. The van der Waals surface area contributed by atoms with Gasteiger partial charge in [-0.2, -0.15) is 0 Å². The molecule has 0 aromatic heterocycles. The highest BCUT2D eigenvalue weighted by Crippen LogP contribution is 2.26. The van der Waals surface area contributed by atoms with Crippen molar-refractivity contribution in [2.75, 3.05) is 13.1 Å². The minimum Gasteiger partial charge on any atom is -0.393 e. The zero-order valence-electron chi connectivity index (χ0n) is 7.32. The topological polar surface area (TPSA) is 43.7 Å². The van der Waals surface area contributed by atoms with Gasteiger partial charge in [-0.25, -0.2) is 0 Å². The minimum absolute atomic E-state index is 0.0901. The van der Waals surface area contributed by atoms with E-state index in [1.165, 1.54) is 0 Å². The lowest BCUT2D eigenvalue weighted by Crippen LogP contribution is -2.32. The van der Waals surface area contributed by atoms with Crippen LogP contribution in [0.3, 0.4) is 0 Å². The van der Waals surface area contributed by atoms with Gasteiger partial charge in [0.05, 0.1) is 12.2 Å². The van der Waals surface area contributed by atoms with Gasteiger partial charge in [0.2, 0.25) is 0 Å². The quantitative estimate of drug-likeness (QED) is 0.582. The van der Waals surface area contributed by atoms with E-state index in [9.17, 15) is 10.2 Å². The van der Waals surface area contributed by atoms with Crippen LogP contribution in [-0.2, 0) is 0 Å². The Morgan fingerprint density at radius 3 is 2.33 bits per heavy atom. The monoisotopic (exact) mass is 171 g/mol. The van der Waals surface area contributed by atoms with Crippen molar-refractivity contribution in [2.45, 2.75) is 43.9 Å². The first-order valence-electron chi connectivity index (χ1n) is 4.86. The van der Waals surface area contributed by atoms with Gasteiger partial charge in [0.15, 0.2) is 0 Å². The highest BCUT2D eigenvalue weighted by atomic mass is 16.3. The van der Waals surface area contributed by atoms with Crippen molar-refractivity contribution >= 4 is 0 Å². The highest BCUT2D eigenvalue weighted by Gasteiger charge is 2.32. The molecule has 3 heteroatoms. The summed E-state index contributed by atoms with van der Waals surface area (Å²) in [7, 11) is 0. The maximum absolute atomic E-state index is 9.34. The standard InChI is InChI=1S/C9H17NO2/c11-8-2-1-7(5-8)10-4-3-9(12)6-10/h7-9,11-12H,1-6H2. The molecule has 1 saturated heterocycles. The van der Waals surface area contributed by atoms with E-state index >= 15 is 0 Å². The first kappa shape index (κ1) is 8.48. The van der Waals surface area contributed by atoms with Crippen LogP contribution in [0.25, 0.3) is 0 Å². The Balaban J connectivity index is 1.85. The van der Waals surface area contributed by atoms with Crippen LogP contribution in [0, 0.1) is 0 Å². The second kappa shape index (κ2) is 3.32. The molecule has 3 atom stereocenters. The second-order valence-corrected chi connectivity index (χ2v) is 4.06. The summed E-state index contributed by atoms with van der Waals surface area (Å²) < 4.78 is 0. The van der Waals surface area contributed by atoms with Crippen LogP contribution in [0.15, 0.2) is 0 Å². The largest absolute Gasteiger partial charge is 0.393 e. The van der Waals surface area contributed by atoms with Crippen LogP contribution in [0.5, 0.6) is 0 Å². The third-order valence-electron chi connectivity index (χ3n) is 3.09. The van der Waals surface area contributed by atoms with Crippen LogP contribution in [0.2, 0.25) is 0 Å². The number of hydrogen-bond acceptors (Lipinski definition) is 3. The Kier molecular flexibility index (Phi) is 2.35. The van der Waals surface area contributed by atoms with E-state index < -0.39 is 0 Å². The number of aliphatic hydroxyl groups excluding tert-OH is 2. The van der Waals surface area contributed by atoms with Gasteiger partial charge in [-0.3, -0.25) is 4.90 Å². The molecule has 1 saturated carbocycles. The third-order valence-corrected chi connectivity index (χ3v) is 3.09. The van der Waals surface area contributed by atoms with Crippen molar-refractivity contribution in [3.05, 3.63) is 0 Å². The summed E-state index contributed by atoms with van der Waals surface area (Å²) in [6.45, 7) is 1.83. The average Bonchev–Trinajstić information content (AvgIpc) is 2.58. The molecule has 1 aliphatic heterocycles. The molecule has 0 aromatic rings. The Labute approximate surface area is 73.0 Å². The van der Waals surface area contributed by atoms with Gasteiger partial charge in [-0.05, 0) is 25.7 Å². The molecule has 0 bridgehead atoms. The molecule has 2 fully saturated rings. The first-order chi connectivity index (χ1) is 5.75. The van der Waals surface area contributed by atoms with Crippen molar-refractivity contribution in [3.63, 3.8) is 0 Å². The molecule has 3 unspecified atom stereocenters. The molecule has 2 rings (SSSR count). The van der Waals surface area contributed by atoms with Crippen molar-refractivity contribution in [1.29, 1.82) is 0 Å². The Morgan fingerprint density at radius 2 is 1.83 bits per heavy atom. The number of likely N-dealkylation sites (tertiary alicyclic amines) is 1. The molecule has 3 nitrogen and oxygen atoms in total. The molecular weight excluding hydrogens is 154 g/mol. The van der Waals surface area contributed by atoms with Gasteiger partial charge in [-0.1, -0.05) is 0 Å².